The minimum Gasteiger partial charge on any atom is -0.481 e. The monoisotopic (exact) mass is 1420 g/mol. The number of amides is 5. The molecule has 0 radical (unpaired) electrons. The molecule has 0 aromatic carbocycles. The Kier molecular flexibility index (Phi) is 40.0. The lowest BCUT2D eigenvalue weighted by Gasteiger charge is -2.24. The van der Waals surface area contributed by atoms with Gasteiger partial charge in [0.25, 0.3) is 0 Å². The third kappa shape index (κ3) is 39.9. The topological polar surface area (TPSA) is 624 Å². The molecule has 5 amide bonds. The fourth-order valence-electron chi connectivity index (χ4n) is 7.33. The lowest BCUT2D eigenvalue weighted by Crippen LogP contribution is -2.48. The molecule has 17 N–H and O–H groups in total. The average molecular weight is 1420 g/mol. The molecule has 42 heteroatoms. The number of carboxylic acids is 1. The zero-order valence-corrected chi connectivity index (χ0v) is 56.8. The Morgan fingerprint density at radius 3 is 0.914 bits per heavy atom. The van der Waals surface area contributed by atoms with Crippen molar-refractivity contribution >= 4 is 113 Å². The average Bonchev–Trinajstić information content (AvgIpc) is 2.20. The number of Topliss-reactive ketones (excluding diaryl/α,β-unsaturated/α-hetero) is 8. The fourth-order valence-corrected chi connectivity index (χ4v) is 8.77. The van der Waals surface area contributed by atoms with Crippen LogP contribution in [0.5, 0.6) is 0 Å². The maximum Gasteiger partial charge on any atom is 0.469 e. The van der Waals surface area contributed by atoms with Gasteiger partial charge in [-0.2, -0.15) is 0 Å². The van der Waals surface area contributed by atoms with Crippen LogP contribution in [0, 0.1) is 41.4 Å². The van der Waals surface area contributed by atoms with Gasteiger partial charge >= 0.3 is 37.3 Å². The van der Waals surface area contributed by atoms with E-state index >= 15 is 0 Å². The number of likely N-dealkylation sites (N-methyl/N-ethyl adjacent to an activating group) is 1. The second-order valence-corrected chi connectivity index (χ2v) is 27.3. The van der Waals surface area contributed by atoms with Crippen molar-refractivity contribution in [1.82, 2.24) is 31.9 Å². The number of rotatable bonds is 46. The summed E-state index contributed by atoms with van der Waals surface area (Å²) < 4.78 is 62.5. The Morgan fingerprint density at radius 2 is 0.613 bits per heavy atom. The maximum absolute atomic E-state index is 13.3. The maximum atomic E-state index is 13.3. The zero-order valence-electron chi connectivity index (χ0n) is 53.2. The molecular weight excluding hydrogens is 1330 g/mol. The number of phosphoric acid groups is 4. The van der Waals surface area contributed by atoms with E-state index in [4.69, 9.17) is 40.2 Å². The molecule has 0 saturated heterocycles. The van der Waals surface area contributed by atoms with Gasteiger partial charge in [0, 0.05) is 68.6 Å². The highest BCUT2D eigenvalue weighted by Gasteiger charge is 2.36. The molecule has 93 heavy (non-hydrogen) atoms. The van der Waals surface area contributed by atoms with Gasteiger partial charge in [-0.3, -0.25) is 85.2 Å². The number of hydrogen-bond acceptors (Lipinski definition) is 24. The molecule has 0 aliphatic heterocycles. The first-order valence-electron chi connectivity index (χ1n) is 28.4. The molecule has 0 unspecified atom stereocenters. The molecule has 0 aliphatic rings. The van der Waals surface area contributed by atoms with Crippen LogP contribution in [0.4, 0.5) is 0 Å². The predicted octanol–water partition coefficient (Wildman–Crippen LogP) is -2.35. The summed E-state index contributed by atoms with van der Waals surface area (Å²) in [5.41, 5.74) is 5.52. The lowest BCUT2D eigenvalue weighted by molar-refractivity contribution is -0.143. The summed E-state index contributed by atoms with van der Waals surface area (Å²) in [4.78, 5) is 248. The first kappa shape index (κ1) is 89.6. The molecule has 14 atom stereocenters. The van der Waals surface area contributed by atoms with Gasteiger partial charge in [-0.1, -0.05) is 34.6 Å². The SMILES string of the molecule is CC(=O)[C@H](C)CC(=O)[C@H](COP(=O)(O)O)NC(=O)[C@H](C)CC(=O)[C@H](C)NC(=O)[C@H](COP(=O)(O)O)CC(=O)[C@H](C)NC(=O)[C@H](C)CC(=O)[C@H](COP(=O)(O)O)NC(=O)[C@H](C)CC(=O)[C@H](C)N.CN[C@@H](C)C(=O)C[C@@H](COP(=O)(O)O)C(=O)N[C@@H](C)C(=O)C[C@@H](C)C(=O)O. The van der Waals surface area contributed by atoms with E-state index in [1.165, 1.54) is 69.4 Å². The van der Waals surface area contributed by atoms with Crippen molar-refractivity contribution in [2.24, 2.45) is 47.2 Å². The standard InChI is InChI=1S/C36H62N5O22P3.C15H27N2O9P/c1-17(24(8)42)9-31(46)26(15-62-65(55,56)57)40-35(50)19(3)11-29(44)22(6)39-36(51)25(14-61-64(52,53)54)13-30(45)23(7)38-33(48)20(4)12-32(47)27(16-63-66(58,59)60)41-34(49)18(2)10-28(43)21(5)37;1-8(15(21)22)5-12(18)10(3)17-14(20)11(7-26-27(23,24)25)6-13(19)9(2)16-4/h17-23,25-27H,9-16,37H2,1-8H3,(H,38,48)(H,39,51)(H,40,50)(H,41,49)(H2,52,53,54)(H2,55,56,57)(H2,58,59,60);8-11,16H,5-7H2,1-4H3,(H,17,20)(H,21,22)(H2,23,24,25)/t17-,18-,19-,20-,21+,22+,23+,25+,26+,27+;8-,9+,10+,11+/m11/s1. The van der Waals surface area contributed by atoms with Gasteiger partial charge in [-0.15, -0.1) is 0 Å². The number of hydrogen-bond donors (Lipinski definition) is 16. The van der Waals surface area contributed by atoms with Crippen LogP contribution in [0.25, 0.3) is 0 Å². The van der Waals surface area contributed by atoms with Crippen LogP contribution in [0.2, 0.25) is 0 Å². The number of carbonyl (C=O) groups excluding carboxylic acids is 13. The predicted molar refractivity (Wildman–Crippen MR) is 319 cm³/mol. The van der Waals surface area contributed by atoms with E-state index in [9.17, 15) is 95.2 Å². The third-order valence-corrected chi connectivity index (χ3v) is 15.6. The lowest BCUT2D eigenvalue weighted by atomic mass is 9.95. The van der Waals surface area contributed by atoms with E-state index in [2.05, 4.69) is 50.0 Å². The van der Waals surface area contributed by atoms with E-state index < -0.39 is 237 Å². The van der Waals surface area contributed by atoms with Gasteiger partial charge in [0.05, 0.1) is 74.4 Å². The molecular formula is C51H89N7O31P4. The quantitative estimate of drug-likeness (QED) is 0.0284. The second kappa shape index (κ2) is 41.5. The van der Waals surface area contributed by atoms with Gasteiger partial charge in [-0.25, -0.2) is 18.3 Å². The molecule has 534 valence electrons. The number of nitrogens with two attached hydrogens (primary N) is 1. The highest BCUT2D eigenvalue weighted by atomic mass is 31.2. The molecule has 0 rings (SSSR count). The minimum absolute atomic E-state index is 0.295. The van der Waals surface area contributed by atoms with E-state index in [0.29, 0.717) is 0 Å². The first-order chi connectivity index (χ1) is 42.2. The van der Waals surface area contributed by atoms with Crippen molar-refractivity contribution < 1.29 is 148 Å². The van der Waals surface area contributed by atoms with Gasteiger partial charge in [0.15, 0.2) is 28.9 Å². The molecule has 0 aliphatic carbocycles. The Labute approximate surface area is 535 Å². The number of nitrogens with one attached hydrogen (secondary N) is 6. The van der Waals surface area contributed by atoms with Crippen molar-refractivity contribution in [3.8, 4) is 0 Å². The summed E-state index contributed by atoms with van der Waals surface area (Å²) in [5, 5.41) is 22.8. The molecule has 0 aromatic heterocycles. The van der Waals surface area contributed by atoms with Crippen LogP contribution in [0.1, 0.15) is 121 Å². The molecule has 0 saturated carbocycles. The van der Waals surface area contributed by atoms with Crippen molar-refractivity contribution in [1.29, 1.82) is 0 Å². The second-order valence-electron chi connectivity index (χ2n) is 22.3. The van der Waals surface area contributed by atoms with E-state index in [1.807, 2.05) is 0 Å². The van der Waals surface area contributed by atoms with Crippen LogP contribution >= 0.6 is 31.3 Å². The first-order valence-corrected chi connectivity index (χ1v) is 34.5. The molecule has 0 fully saturated rings. The van der Waals surface area contributed by atoms with Crippen LogP contribution in [-0.2, 0) is 103 Å². The summed E-state index contributed by atoms with van der Waals surface area (Å²) in [6.07, 6.45) is -3.56. The van der Waals surface area contributed by atoms with Gasteiger partial charge in [0.2, 0.25) is 29.5 Å². The van der Waals surface area contributed by atoms with Gasteiger partial charge in [-0.05, 0) is 48.6 Å². The summed E-state index contributed by atoms with van der Waals surface area (Å²) in [6.45, 7) is 10.6. The number of ketones is 8. The number of phosphoric ester groups is 4. The van der Waals surface area contributed by atoms with Crippen molar-refractivity contribution in [3.63, 3.8) is 0 Å². The van der Waals surface area contributed by atoms with E-state index in [1.54, 1.807) is 6.92 Å². The smallest absolute Gasteiger partial charge is 0.469 e. The largest absolute Gasteiger partial charge is 0.481 e. The Morgan fingerprint density at radius 1 is 0.355 bits per heavy atom. The Balaban J connectivity index is 0. The normalized spacial score (nSPS) is 16.5. The van der Waals surface area contributed by atoms with Crippen LogP contribution in [0.3, 0.4) is 0 Å². The molecule has 0 heterocycles. The van der Waals surface area contributed by atoms with Crippen LogP contribution in [0.15, 0.2) is 0 Å². The molecule has 0 aromatic rings. The molecule has 38 nitrogen and oxygen atoms in total. The van der Waals surface area contributed by atoms with Crippen molar-refractivity contribution in [2.75, 3.05) is 33.5 Å². The number of aliphatic carboxylic acids is 1. The Bertz CT molecular complexity index is 2850. The van der Waals surface area contributed by atoms with Crippen LogP contribution in [-0.4, -0.2) is 202 Å². The summed E-state index contributed by atoms with van der Waals surface area (Å²) in [6, 6.07) is -8.75. The summed E-state index contributed by atoms with van der Waals surface area (Å²) in [7, 11) is -18.8. The molecule has 0 bridgehead atoms. The molecule has 0 spiro atoms. The van der Waals surface area contributed by atoms with Crippen molar-refractivity contribution in [2.45, 2.75) is 163 Å². The zero-order chi connectivity index (χ0) is 73.0. The summed E-state index contributed by atoms with van der Waals surface area (Å²) in [5.74, 6) is -19.4. The van der Waals surface area contributed by atoms with E-state index in [0.717, 1.165) is 6.92 Å². The van der Waals surface area contributed by atoms with Gasteiger partial charge in [0.1, 0.15) is 29.4 Å². The Hall–Kier alpha value is -5.46. The highest BCUT2D eigenvalue weighted by Crippen LogP contribution is 2.39. The fraction of sp³-hybridized carbons (Fsp3) is 0.725. The summed E-state index contributed by atoms with van der Waals surface area (Å²) >= 11 is 0. The van der Waals surface area contributed by atoms with Crippen molar-refractivity contribution in [3.05, 3.63) is 0 Å². The van der Waals surface area contributed by atoms with E-state index in [-0.39, 0.29) is 30.8 Å². The minimum atomic E-state index is -5.25. The number of carboxylic acid groups (broad SMARTS) is 1. The third-order valence-electron chi connectivity index (χ3n) is 13.7. The highest BCUT2D eigenvalue weighted by molar-refractivity contribution is 7.47. The number of carbonyl (C=O) groups is 14. The van der Waals surface area contributed by atoms with Gasteiger partial charge < -0.3 is 81.9 Å². The van der Waals surface area contributed by atoms with Crippen LogP contribution < -0.4 is 37.6 Å².